The number of carbonyl (C=O) groups is 1. The number of aliphatic hydroxyl groups is 1. The number of likely N-dealkylation sites (tertiary alicyclic amines) is 1. The smallest absolute Gasteiger partial charge is 0.223 e. The van der Waals surface area contributed by atoms with Gasteiger partial charge in [0.25, 0.3) is 0 Å². The van der Waals surface area contributed by atoms with Crippen molar-refractivity contribution >= 4 is 5.91 Å². The number of aliphatic hydroxyl groups excluding tert-OH is 1. The molecule has 1 fully saturated rings. The van der Waals surface area contributed by atoms with Gasteiger partial charge in [0.2, 0.25) is 5.91 Å². The van der Waals surface area contributed by atoms with Crippen LogP contribution < -0.4 is 5.32 Å². The third kappa shape index (κ3) is 5.05. The van der Waals surface area contributed by atoms with Crippen LogP contribution in [0.1, 0.15) is 32.8 Å². The first kappa shape index (κ1) is 18.0. The molecule has 0 radical (unpaired) electrons. The third-order valence-electron chi connectivity index (χ3n) is 5.06. The Labute approximate surface area is 139 Å². The summed E-state index contributed by atoms with van der Waals surface area (Å²) in [6.45, 7) is 8.90. The number of carbonyl (C=O) groups excluding carboxylic acids is 1. The van der Waals surface area contributed by atoms with Gasteiger partial charge < -0.3 is 10.4 Å². The van der Waals surface area contributed by atoms with E-state index in [2.05, 4.69) is 48.3 Å². The molecule has 1 aliphatic heterocycles. The molecule has 1 aromatic carbocycles. The molecular formula is C19H30N2O2. The van der Waals surface area contributed by atoms with Crippen molar-refractivity contribution < 1.29 is 9.90 Å². The van der Waals surface area contributed by atoms with Crippen molar-refractivity contribution in [2.45, 2.75) is 39.8 Å². The summed E-state index contributed by atoms with van der Waals surface area (Å²) in [5.74, 6) is 0.584. The summed E-state index contributed by atoms with van der Waals surface area (Å²) in [7, 11) is 0. The lowest BCUT2D eigenvalue weighted by Gasteiger charge is -2.39. The van der Waals surface area contributed by atoms with Crippen molar-refractivity contribution in [3.63, 3.8) is 0 Å². The van der Waals surface area contributed by atoms with Gasteiger partial charge in [0.05, 0.1) is 0 Å². The van der Waals surface area contributed by atoms with Crippen LogP contribution in [0.5, 0.6) is 0 Å². The van der Waals surface area contributed by atoms with E-state index in [0.717, 1.165) is 26.1 Å². The van der Waals surface area contributed by atoms with Gasteiger partial charge in [0.15, 0.2) is 0 Å². The standard InChI is InChI=1S/C19H30N2O2/c1-14(2)15(3)19(23)20-18-12-21(10-9-17(18)13-22)11-16-7-5-4-6-8-16/h4-8,14-15,17-18,22H,9-13H2,1-3H3,(H,20,23). The van der Waals surface area contributed by atoms with Gasteiger partial charge >= 0.3 is 0 Å². The van der Waals surface area contributed by atoms with E-state index < -0.39 is 0 Å². The van der Waals surface area contributed by atoms with Crippen LogP contribution in [0.4, 0.5) is 0 Å². The van der Waals surface area contributed by atoms with Crippen molar-refractivity contribution in [1.29, 1.82) is 0 Å². The van der Waals surface area contributed by atoms with Crippen LogP contribution in [-0.2, 0) is 11.3 Å². The van der Waals surface area contributed by atoms with Crippen LogP contribution in [0.2, 0.25) is 0 Å². The quantitative estimate of drug-likeness (QED) is 0.846. The number of rotatable bonds is 6. The van der Waals surface area contributed by atoms with Gasteiger partial charge in [-0.15, -0.1) is 0 Å². The zero-order valence-corrected chi connectivity index (χ0v) is 14.5. The highest BCUT2D eigenvalue weighted by Crippen LogP contribution is 2.20. The molecule has 23 heavy (non-hydrogen) atoms. The average molecular weight is 318 g/mol. The second-order valence-corrected chi connectivity index (χ2v) is 7.10. The molecule has 4 nitrogen and oxygen atoms in total. The van der Waals surface area contributed by atoms with Gasteiger partial charge in [-0.1, -0.05) is 51.1 Å². The molecule has 0 aromatic heterocycles. The first-order chi connectivity index (χ1) is 11.0. The summed E-state index contributed by atoms with van der Waals surface area (Å²) in [6.07, 6.45) is 0.921. The maximum atomic E-state index is 12.4. The number of benzene rings is 1. The fourth-order valence-corrected chi connectivity index (χ4v) is 3.05. The monoisotopic (exact) mass is 318 g/mol. The van der Waals surface area contributed by atoms with Gasteiger partial charge in [-0.3, -0.25) is 9.69 Å². The largest absolute Gasteiger partial charge is 0.396 e. The Morgan fingerprint density at radius 3 is 2.61 bits per heavy atom. The van der Waals surface area contributed by atoms with Crippen molar-refractivity contribution in [3.8, 4) is 0 Å². The zero-order valence-electron chi connectivity index (χ0n) is 14.5. The van der Waals surface area contributed by atoms with Crippen LogP contribution in [0.15, 0.2) is 30.3 Å². The van der Waals surface area contributed by atoms with Gasteiger partial charge in [-0.2, -0.15) is 0 Å². The minimum atomic E-state index is -0.00107. The average Bonchev–Trinajstić information content (AvgIpc) is 2.55. The lowest BCUT2D eigenvalue weighted by atomic mass is 9.90. The molecule has 3 atom stereocenters. The molecule has 1 amide bonds. The molecular weight excluding hydrogens is 288 g/mol. The highest BCUT2D eigenvalue weighted by atomic mass is 16.3. The predicted molar refractivity (Wildman–Crippen MR) is 92.8 cm³/mol. The van der Waals surface area contributed by atoms with Crippen molar-refractivity contribution in [3.05, 3.63) is 35.9 Å². The fourth-order valence-electron chi connectivity index (χ4n) is 3.05. The van der Waals surface area contributed by atoms with E-state index >= 15 is 0 Å². The molecule has 2 rings (SSSR count). The van der Waals surface area contributed by atoms with E-state index in [4.69, 9.17) is 0 Å². The summed E-state index contributed by atoms with van der Waals surface area (Å²) < 4.78 is 0. The maximum Gasteiger partial charge on any atom is 0.223 e. The van der Waals surface area contributed by atoms with Crippen LogP contribution in [0.25, 0.3) is 0 Å². The molecule has 1 saturated heterocycles. The molecule has 1 aromatic rings. The molecule has 0 bridgehead atoms. The second kappa shape index (κ2) is 8.46. The summed E-state index contributed by atoms with van der Waals surface area (Å²) in [4.78, 5) is 14.7. The number of nitrogens with one attached hydrogen (secondary N) is 1. The first-order valence-corrected chi connectivity index (χ1v) is 8.68. The Morgan fingerprint density at radius 2 is 2.00 bits per heavy atom. The van der Waals surface area contributed by atoms with E-state index in [1.807, 2.05) is 13.0 Å². The lowest BCUT2D eigenvalue weighted by Crippen LogP contribution is -2.54. The minimum Gasteiger partial charge on any atom is -0.396 e. The Kier molecular flexibility index (Phi) is 6.60. The van der Waals surface area contributed by atoms with E-state index in [1.54, 1.807) is 0 Å². The molecule has 0 spiro atoms. The third-order valence-corrected chi connectivity index (χ3v) is 5.06. The number of nitrogens with zero attached hydrogens (tertiary/aromatic N) is 1. The Morgan fingerprint density at radius 1 is 1.30 bits per heavy atom. The first-order valence-electron chi connectivity index (χ1n) is 8.68. The van der Waals surface area contributed by atoms with Crippen LogP contribution in [-0.4, -0.2) is 41.7 Å². The number of piperidine rings is 1. The predicted octanol–water partition coefficient (Wildman–Crippen LogP) is 2.28. The summed E-state index contributed by atoms with van der Waals surface area (Å²) in [6, 6.07) is 10.4. The minimum absolute atomic E-state index is 0.00107. The molecule has 4 heteroatoms. The normalized spacial score (nSPS) is 23.7. The molecule has 0 aliphatic carbocycles. The number of hydrogen-bond acceptors (Lipinski definition) is 3. The number of hydrogen-bond donors (Lipinski definition) is 2. The van der Waals surface area contributed by atoms with Crippen LogP contribution >= 0.6 is 0 Å². The van der Waals surface area contributed by atoms with E-state index in [9.17, 15) is 9.90 Å². The molecule has 2 N–H and O–H groups in total. The van der Waals surface area contributed by atoms with E-state index in [-0.39, 0.29) is 30.4 Å². The molecule has 0 saturated carbocycles. The molecule has 128 valence electrons. The lowest BCUT2D eigenvalue weighted by molar-refractivity contribution is -0.127. The highest BCUT2D eigenvalue weighted by Gasteiger charge is 2.31. The Bertz CT molecular complexity index is 489. The maximum absolute atomic E-state index is 12.4. The molecule has 3 unspecified atom stereocenters. The molecule has 1 heterocycles. The summed E-state index contributed by atoms with van der Waals surface area (Å²) in [5.41, 5.74) is 1.29. The summed E-state index contributed by atoms with van der Waals surface area (Å²) in [5, 5.41) is 12.8. The Hall–Kier alpha value is -1.39. The van der Waals surface area contributed by atoms with Crippen LogP contribution in [0, 0.1) is 17.8 Å². The zero-order chi connectivity index (χ0) is 16.8. The Balaban J connectivity index is 1.96. The number of amides is 1. The van der Waals surface area contributed by atoms with Crippen LogP contribution in [0.3, 0.4) is 0 Å². The SMILES string of the molecule is CC(C)C(C)C(=O)NC1CN(Cc2ccccc2)CCC1CO. The fraction of sp³-hybridized carbons (Fsp3) is 0.632. The van der Waals surface area contributed by atoms with Crippen molar-refractivity contribution in [2.75, 3.05) is 19.7 Å². The topological polar surface area (TPSA) is 52.6 Å². The van der Waals surface area contributed by atoms with E-state index in [1.165, 1.54) is 5.56 Å². The highest BCUT2D eigenvalue weighted by molar-refractivity contribution is 5.78. The second-order valence-electron chi connectivity index (χ2n) is 7.10. The van der Waals surface area contributed by atoms with Gasteiger partial charge in [0, 0.05) is 37.6 Å². The van der Waals surface area contributed by atoms with Gasteiger partial charge in [-0.25, -0.2) is 0 Å². The summed E-state index contributed by atoms with van der Waals surface area (Å²) >= 11 is 0. The van der Waals surface area contributed by atoms with Gasteiger partial charge in [-0.05, 0) is 24.4 Å². The molecule has 1 aliphatic rings. The van der Waals surface area contributed by atoms with E-state index in [0.29, 0.717) is 5.92 Å². The van der Waals surface area contributed by atoms with Crippen molar-refractivity contribution in [2.24, 2.45) is 17.8 Å². The van der Waals surface area contributed by atoms with Crippen molar-refractivity contribution in [1.82, 2.24) is 10.2 Å². The van der Waals surface area contributed by atoms with Gasteiger partial charge in [0.1, 0.15) is 0 Å².